The van der Waals surface area contributed by atoms with E-state index in [0.717, 1.165) is 42.8 Å². The van der Waals surface area contributed by atoms with Gasteiger partial charge in [-0.3, -0.25) is 10.1 Å². The molecule has 1 saturated heterocycles. The highest BCUT2D eigenvalue weighted by Gasteiger charge is 2.17. The Balaban J connectivity index is 1.71. The van der Waals surface area contributed by atoms with E-state index in [0.29, 0.717) is 16.6 Å². The highest BCUT2D eigenvalue weighted by molar-refractivity contribution is 7.21. The summed E-state index contributed by atoms with van der Waals surface area (Å²) >= 11 is 1.08. The van der Waals surface area contributed by atoms with Crippen molar-refractivity contribution in [3.63, 3.8) is 0 Å². The minimum Gasteiger partial charge on any atom is -0.369 e. The van der Waals surface area contributed by atoms with Gasteiger partial charge in [-0.15, -0.1) is 0 Å². The maximum Gasteiger partial charge on any atom is 0.326 e. The predicted molar refractivity (Wildman–Crippen MR) is 78.2 cm³/mol. The van der Waals surface area contributed by atoms with Crippen molar-refractivity contribution >= 4 is 32.4 Å². The van der Waals surface area contributed by atoms with Gasteiger partial charge >= 0.3 is 5.00 Å². The minimum absolute atomic E-state index is 0.101. The molecule has 20 heavy (non-hydrogen) atoms. The second-order valence-electron chi connectivity index (χ2n) is 4.86. The van der Waals surface area contributed by atoms with Crippen molar-refractivity contribution in [3.05, 3.63) is 22.5 Å². The van der Waals surface area contributed by atoms with Crippen LogP contribution in [0.25, 0.3) is 10.2 Å². The molecule has 3 rings (SSSR count). The van der Waals surface area contributed by atoms with E-state index in [1.165, 1.54) is 12.7 Å². The molecule has 0 radical (unpaired) electrons. The van der Waals surface area contributed by atoms with E-state index < -0.39 is 0 Å². The third-order valence-electron chi connectivity index (χ3n) is 3.50. The Morgan fingerprint density at radius 3 is 3.20 bits per heavy atom. The molecule has 1 fully saturated rings. The number of rotatable bonds is 5. The quantitative estimate of drug-likeness (QED) is 0.647. The fourth-order valence-corrected chi connectivity index (χ4v) is 3.24. The van der Waals surface area contributed by atoms with Crippen LogP contribution in [-0.2, 0) is 0 Å². The molecular weight excluding hydrogens is 278 g/mol. The molecular formula is C12H15N5O2S. The van der Waals surface area contributed by atoms with Gasteiger partial charge in [0.15, 0.2) is 0 Å². The van der Waals surface area contributed by atoms with Crippen LogP contribution in [0, 0.1) is 16.0 Å². The smallest absolute Gasteiger partial charge is 0.326 e. The molecule has 2 aromatic heterocycles. The summed E-state index contributed by atoms with van der Waals surface area (Å²) in [6.45, 7) is 2.99. The van der Waals surface area contributed by atoms with E-state index in [2.05, 4.69) is 20.6 Å². The van der Waals surface area contributed by atoms with Gasteiger partial charge in [0.2, 0.25) is 0 Å². The van der Waals surface area contributed by atoms with Gasteiger partial charge in [0.05, 0.1) is 10.3 Å². The fourth-order valence-electron chi connectivity index (χ4n) is 2.43. The Kier molecular flexibility index (Phi) is 3.75. The van der Waals surface area contributed by atoms with Crippen LogP contribution in [-0.4, -0.2) is 34.5 Å². The molecule has 2 N–H and O–H groups in total. The largest absolute Gasteiger partial charge is 0.369 e. The highest BCUT2D eigenvalue weighted by atomic mass is 32.1. The van der Waals surface area contributed by atoms with Crippen molar-refractivity contribution in [2.45, 2.75) is 12.8 Å². The summed E-state index contributed by atoms with van der Waals surface area (Å²) in [6.07, 6.45) is 3.73. The Labute approximate surface area is 119 Å². The lowest BCUT2D eigenvalue weighted by atomic mass is 10.1. The summed E-state index contributed by atoms with van der Waals surface area (Å²) in [7, 11) is 0. The number of fused-ring (bicyclic) bond motifs is 1. The SMILES string of the molecule is O=[N+]([O-])c1cc2c(NCCC3CCNC3)ncnc2s1. The third-order valence-corrected chi connectivity index (χ3v) is 4.50. The number of thiophene rings is 1. The van der Waals surface area contributed by atoms with Crippen molar-refractivity contribution in [2.24, 2.45) is 5.92 Å². The van der Waals surface area contributed by atoms with Crippen LogP contribution < -0.4 is 10.6 Å². The Hall–Kier alpha value is -1.80. The van der Waals surface area contributed by atoms with Gasteiger partial charge in [-0.25, -0.2) is 9.97 Å². The molecule has 0 amide bonds. The molecule has 2 aromatic rings. The van der Waals surface area contributed by atoms with Crippen LogP contribution >= 0.6 is 11.3 Å². The molecule has 106 valence electrons. The van der Waals surface area contributed by atoms with Crippen molar-refractivity contribution in [3.8, 4) is 0 Å². The van der Waals surface area contributed by atoms with Gasteiger partial charge < -0.3 is 10.6 Å². The van der Waals surface area contributed by atoms with Crippen molar-refractivity contribution in [1.82, 2.24) is 15.3 Å². The van der Waals surface area contributed by atoms with E-state index >= 15 is 0 Å². The first-order valence-corrected chi connectivity index (χ1v) is 7.39. The third kappa shape index (κ3) is 2.70. The number of aromatic nitrogens is 2. The zero-order valence-corrected chi connectivity index (χ0v) is 11.7. The minimum atomic E-state index is -0.389. The van der Waals surface area contributed by atoms with Crippen molar-refractivity contribution in [1.29, 1.82) is 0 Å². The first-order chi connectivity index (χ1) is 9.74. The van der Waals surface area contributed by atoms with Gasteiger partial charge in [-0.05, 0) is 43.2 Å². The zero-order chi connectivity index (χ0) is 13.9. The Bertz CT molecular complexity index is 623. The topological polar surface area (TPSA) is 93.0 Å². The van der Waals surface area contributed by atoms with Gasteiger partial charge in [-0.1, -0.05) is 0 Å². The van der Waals surface area contributed by atoms with Crippen LogP contribution in [0.5, 0.6) is 0 Å². The van der Waals surface area contributed by atoms with Crippen LogP contribution in [0.2, 0.25) is 0 Å². The summed E-state index contributed by atoms with van der Waals surface area (Å²) in [5.41, 5.74) is 0. The number of nitrogens with zero attached hydrogens (tertiary/aromatic N) is 3. The van der Waals surface area contributed by atoms with Crippen molar-refractivity contribution < 1.29 is 4.92 Å². The van der Waals surface area contributed by atoms with E-state index in [9.17, 15) is 10.1 Å². The lowest BCUT2D eigenvalue weighted by Crippen LogP contribution is -2.13. The number of hydrogen-bond acceptors (Lipinski definition) is 7. The monoisotopic (exact) mass is 293 g/mol. The number of nitro groups is 1. The standard InChI is InChI=1S/C12H15N5O2S/c18-17(19)10-5-9-11(15-7-16-12(9)20-10)14-4-2-8-1-3-13-6-8/h5,7-8,13H,1-4,6H2,(H,14,15,16). The van der Waals surface area contributed by atoms with Gasteiger partial charge in [0, 0.05) is 12.6 Å². The molecule has 0 aliphatic carbocycles. The Morgan fingerprint density at radius 2 is 2.45 bits per heavy atom. The summed E-state index contributed by atoms with van der Waals surface area (Å²) in [4.78, 5) is 19.3. The first-order valence-electron chi connectivity index (χ1n) is 6.57. The molecule has 0 saturated carbocycles. The molecule has 1 aliphatic heterocycles. The zero-order valence-electron chi connectivity index (χ0n) is 10.8. The maximum absolute atomic E-state index is 10.8. The average Bonchev–Trinajstić information content (AvgIpc) is 3.07. The molecule has 0 spiro atoms. The van der Waals surface area contributed by atoms with Gasteiger partial charge in [-0.2, -0.15) is 0 Å². The Morgan fingerprint density at radius 1 is 1.55 bits per heavy atom. The maximum atomic E-state index is 10.8. The molecule has 8 heteroatoms. The van der Waals surface area contributed by atoms with E-state index in [1.54, 1.807) is 6.07 Å². The first kappa shape index (κ1) is 13.2. The fraction of sp³-hybridized carbons (Fsp3) is 0.500. The van der Waals surface area contributed by atoms with E-state index in [1.807, 2.05) is 0 Å². The van der Waals surface area contributed by atoms with Gasteiger partial charge in [0.1, 0.15) is 17.0 Å². The molecule has 1 aliphatic rings. The molecule has 1 atom stereocenters. The number of nitrogens with one attached hydrogen (secondary N) is 2. The average molecular weight is 293 g/mol. The molecule has 0 bridgehead atoms. The lowest BCUT2D eigenvalue weighted by Gasteiger charge is -2.09. The summed E-state index contributed by atoms with van der Waals surface area (Å²) < 4.78 is 0. The van der Waals surface area contributed by atoms with Crippen LogP contribution in [0.4, 0.5) is 10.8 Å². The number of hydrogen-bond donors (Lipinski definition) is 2. The lowest BCUT2D eigenvalue weighted by molar-refractivity contribution is -0.380. The second kappa shape index (κ2) is 5.68. The summed E-state index contributed by atoms with van der Waals surface area (Å²) in [6, 6.07) is 1.54. The summed E-state index contributed by atoms with van der Waals surface area (Å²) in [5, 5.41) is 18.3. The van der Waals surface area contributed by atoms with Crippen LogP contribution in [0.3, 0.4) is 0 Å². The van der Waals surface area contributed by atoms with E-state index in [-0.39, 0.29) is 9.92 Å². The van der Waals surface area contributed by atoms with Crippen LogP contribution in [0.15, 0.2) is 12.4 Å². The second-order valence-corrected chi connectivity index (χ2v) is 5.87. The molecule has 1 unspecified atom stereocenters. The predicted octanol–water partition coefficient (Wildman–Crippen LogP) is 2.01. The van der Waals surface area contributed by atoms with Crippen LogP contribution in [0.1, 0.15) is 12.8 Å². The molecule has 7 nitrogen and oxygen atoms in total. The molecule has 0 aromatic carbocycles. The van der Waals surface area contributed by atoms with Gasteiger partial charge in [0.25, 0.3) is 0 Å². The normalized spacial score (nSPS) is 18.5. The van der Waals surface area contributed by atoms with E-state index in [4.69, 9.17) is 0 Å². The van der Waals surface area contributed by atoms with Crippen molar-refractivity contribution in [2.75, 3.05) is 25.0 Å². The number of anilines is 1. The highest BCUT2D eigenvalue weighted by Crippen LogP contribution is 2.32. The summed E-state index contributed by atoms with van der Waals surface area (Å²) in [5.74, 6) is 1.39. The molecule has 3 heterocycles.